The molecule has 8 heteroatoms. The second kappa shape index (κ2) is 13.4. The van der Waals surface area contributed by atoms with E-state index in [9.17, 15) is 14.0 Å². The third-order valence-corrected chi connectivity index (χ3v) is 8.17. The third-order valence-electron chi connectivity index (χ3n) is 8.17. The van der Waals surface area contributed by atoms with Crippen LogP contribution in [-0.4, -0.2) is 90.3 Å². The highest BCUT2D eigenvalue weighted by atomic mass is 19.1. The first-order valence-electron chi connectivity index (χ1n) is 14.8. The summed E-state index contributed by atoms with van der Waals surface area (Å²) in [5.41, 5.74) is 1.30. The molecule has 1 saturated carbocycles. The summed E-state index contributed by atoms with van der Waals surface area (Å²) >= 11 is 0. The van der Waals surface area contributed by atoms with Crippen LogP contribution in [0.4, 0.5) is 9.18 Å². The Morgan fingerprint density at radius 3 is 2.36 bits per heavy atom. The average molecular weight is 548 g/mol. The van der Waals surface area contributed by atoms with Crippen LogP contribution >= 0.6 is 0 Å². The predicted molar refractivity (Wildman–Crippen MR) is 152 cm³/mol. The number of ether oxygens (including phenoxy) is 2. The fourth-order valence-corrected chi connectivity index (χ4v) is 5.96. The number of nitrogens with zero attached hydrogens (tertiary/aromatic N) is 3. The van der Waals surface area contributed by atoms with Crippen molar-refractivity contribution in [3.8, 4) is 0 Å². The molecule has 1 unspecified atom stereocenters. The standard InChI is InChI=1S/C17H24FNO.C12H20N2O3.C2H6/c1-12-3-4-15(17(18)9-12)16-11-19(10-13(16)2)14-5-7-20-8-6-14;1-11(2,3)17-10(16)14-7-6-13(9-15)8-12(14)4-5-12;1-2/h3-4,9,13-14,16H,5-8,10-11H2,1-2H3;9H,4-8H2,1-3H3;1-2H3/t13?,16-;;/m1../s1. The molecule has 2 amide bonds. The van der Waals surface area contributed by atoms with Crippen LogP contribution in [0.1, 0.15) is 84.3 Å². The third kappa shape index (κ3) is 8.16. The van der Waals surface area contributed by atoms with Crippen LogP contribution < -0.4 is 0 Å². The fraction of sp³-hybridized carbons (Fsp3) is 0.742. The first kappa shape index (κ1) is 31.3. The number of benzene rings is 1. The lowest BCUT2D eigenvalue weighted by Crippen LogP contribution is -2.57. The molecular weight excluding hydrogens is 497 g/mol. The van der Waals surface area contributed by atoms with Gasteiger partial charge in [-0.2, -0.15) is 0 Å². The zero-order chi connectivity index (χ0) is 28.8. The van der Waals surface area contributed by atoms with E-state index in [1.54, 1.807) is 15.9 Å². The van der Waals surface area contributed by atoms with Crippen molar-refractivity contribution >= 4 is 12.5 Å². The molecule has 1 aliphatic carbocycles. The van der Waals surface area contributed by atoms with Gasteiger partial charge in [0.25, 0.3) is 0 Å². The van der Waals surface area contributed by atoms with Gasteiger partial charge in [0.15, 0.2) is 0 Å². The van der Waals surface area contributed by atoms with Gasteiger partial charge in [-0.1, -0.05) is 32.9 Å². The number of rotatable bonds is 3. The summed E-state index contributed by atoms with van der Waals surface area (Å²) in [6.45, 7) is 19.5. The van der Waals surface area contributed by atoms with Crippen LogP contribution in [0.15, 0.2) is 18.2 Å². The largest absolute Gasteiger partial charge is 0.444 e. The lowest BCUT2D eigenvalue weighted by atomic mass is 9.89. The van der Waals surface area contributed by atoms with Gasteiger partial charge in [-0.3, -0.25) is 14.6 Å². The lowest BCUT2D eigenvalue weighted by molar-refractivity contribution is -0.121. The molecule has 3 saturated heterocycles. The maximum atomic E-state index is 14.2. The van der Waals surface area contributed by atoms with Crippen LogP contribution in [0, 0.1) is 18.7 Å². The molecule has 2 atom stereocenters. The quantitative estimate of drug-likeness (QED) is 0.461. The molecule has 0 bridgehead atoms. The number of hydrogen-bond donors (Lipinski definition) is 0. The van der Waals surface area contributed by atoms with Gasteiger partial charge in [0.2, 0.25) is 6.41 Å². The summed E-state index contributed by atoms with van der Waals surface area (Å²) in [7, 11) is 0. The van der Waals surface area contributed by atoms with Gasteiger partial charge in [-0.25, -0.2) is 9.18 Å². The van der Waals surface area contributed by atoms with Crippen molar-refractivity contribution in [3.63, 3.8) is 0 Å². The molecule has 220 valence electrons. The van der Waals surface area contributed by atoms with Crippen LogP contribution in [-0.2, 0) is 14.3 Å². The smallest absolute Gasteiger partial charge is 0.410 e. The van der Waals surface area contributed by atoms with Crippen molar-refractivity contribution in [1.82, 2.24) is 14.7 Å². The summed E-state index contributed by atoms with van der Waals surface area (Å²) in [6.07, 6.45) is 4.80. The summed E-state index contributed by atoms with van der Waals surface area (Å²) < 4.78 is 25.1. The number of amides is 2. The highest BCUT2D eigenvalue weighted by Crippen LogP contribution is 2.44. The Labute approximate surface area is 235 Å². The van der Waals surface area contributed by atoms with Gasteiger partial charge in [0, 0.05) is 57.9 Å². The molecule has 7 nitrogen and oxygen atoms in total. The number of hydrogen-bond acceptors (Lipinski definition) is 5. The first-order valence-corrected chi connectivity index (χ1v) is 14.8. The monoisotopic (exact) mass is 547 g/mol. The minimum Gasteiger partial charge on any atom is -0.444 e. The topological polar surface area (TPSA) is 62.3 Å². The number of carbonyl (C=O) groups excluding carboxylic acids is 2. The average Bonchev–Trinajstić information content (AvgIpc) is 3.55. The Balaban J connectivity index is 0.000000205. The lowest BCUT2D eigenvalue weighted by Gasteiger charge is -2.41. The SMILES string of the molecule is CC.CC(C)(C)OC(=O)N1CCN(C=O)CC12CC2.Cc1ccc([C@@H]2CN(C3CCOCC3)CC2C)c(F)c1. The molecule has 0 N–H and O–H groups in total. The Morgan fingerprint density at radius 2 is 1.79 bits per heavy atom. The normalized spacial score (nSPS) is 24.8. The highest BCUT2D eigenvalue weighted by molar-refractivity contribution is 5.70. The van der Waals surface area contributed by atoms with E-state index in [2.05, 4.69) is 11.8 Å². The van der Waals surface area contributed by atoms with Crippen LogP contribution in [0.2, 0.25) is 0 Å². The number of halogens is 1. The molecule has 3 aliphatic heterocycles. The van der Waals surface area contributed by atoms with E-state index >= 15 is 0 Å². The summed E-state index contributed by atoms with van der Waals surface area (Å²) in [6, 6.07) is 6.31. The van der Waals surface area contributed by atoms with E-state index in [-0.39, 0.29) is 17.4 Å². The van der Waals surface area contributed by atoms with Gasteiger partial charge >= 0.3 is 6.09 Å². The van der Waals surface area contributed by atoms with E-state index in [1.165, 1.54) is 0 Å². The molecule has 0 radical (unpaired) electrons. The summed E-state index contributed by atoms with van der Waals surface area (Å²) in [5, 5.41) is 0. The molecule has 0 aromatic heterocycles. The van der Waals surface area contributed by atoms with Crippen molar-refractivity contribution in [3.05, 3.63) is 35.1 Å². The molecule has 4 aliphatic rings. The van der Waals surface area contributed by atoms with Crippen molar-refractivity contribution in [2.75, 3.05) is 45.9 Å². The molecular formula is C31H50FN3O4. The number of aryl methyl sites for hydroxylation is 1. The van der Waals surface area contributed by atoms with E-state index in [0.29, 0.717) is 37.5 Å². The highest BCUT2D eigenvalue weighted by Gasteiger charge is 2.54. The van der Waals surface area contributed by atoms with Gasteiger partial charge in [-0.15, -0.1) is 0 Å². The van der Waals surface area contributed by atoms with Crippen molar-refractivity contribution in [1.29, 1.82) is 0 Å². The summed E-state index contributed by atoms with van der Waals surface area (Å²) in [4.78, 5) is 28.9. The maximum Gasteiger partial charge on any atom is 0.410 e. The predicted octanol–water partition coefficient (Wildman–Crippen LogP) is 5.60. The van der Waals surface area contributed by atoms with Gasteiger partial charge in [0.05, 0.1) is 5.54 Å². The van der Waals surface area contributed by atoms with Gasteiger partial charge in [-0.05, 0) is 76.5 Å². The van der Waals surface area contributed by atoms with Crippen LogP contribution in [0.5, 0.6) is 0 Å². The molecule has 4 fully saturated rings. The number of carbonyl (C=O) groups is 2. The Morgan fingerprint density at radius 1 is 1.13 bits per heavy atom. The zero-order valence-corrected chi connectivity index (χ0v) is 25.2. The van der Waals surface area contributed by atoms with E-state index in [1.807, 2.05) is 53.7 Å². The molecule has 3 heterocycles. The Kier molecular flexibility index (Phi) is 10.8. The molecule has 5 rings (SSSR count). The zero-order valence-electron chi connectivity index (χ0n) is 25.2. The van der Waals surface area contributed by atoms with Crippen LogP contribution in [0.25, 0.3) is 0 Å². The number of piperazine rings is 1. The fourth-order valence-electron chi connectivity index (χ4n) is 5.96. The van der Waals surface area contributed by atoms with Gasteiger partial charge in [0.1, 0.15) is 11.4 Å². The van der Waals surface area contributed by atoms with Gasteiger partial charge < -0.3 is 14.4 Å². The van der Waals surface area contributed by atoms with E-state index < -0.39 is 5.60 Å². The molecule has 1 aromatic rings. The van der Waals surface area contributed by atoms with Crippen molar-refractivity contribution in [2.24, 2.45) is 5.92 Å². The van der Waals surface area contributed by atoms with Crippen molar-refractivity contribution in [2.45, 2.75) is 97.2 Å². The molecule has 39 heavy (non-hydrogen) atoms. The maximum absolute atomic E-state index is 14.2. The first-order chi connectivity index (χ1) is 18.5. The minimum atomic E-state index is -0.463. The van der Waals surface area contributed by atoms with E-state index in [0.717, 1.165) is 69.5 Å². The Hall–Kier alpha value is -2.19. The summed E-state index contributed by atoms with van der Waals surface area (Å²) in [5.74, 6) is 0.823. The molecule has 1 aromatic carbocycles. The number of likely N-dealkylation sites (tertiary alicyclic amines) is 1. The minimum absolute atomic E-state index is 0.0318. The molecule has 1 spiro atoms. The Bertz CT molecular complexity index is 956. The van der Waals surface area contributed by atoms with Crippen LogP contribution in [0.3, 0.4) is 0 Å². The van der Waals surface area contributed by atoms with Crippen molar-refractivity contribution < 1.29 is 23.5 Å². The van der Waals surface area contributed by atoms with E-state index in [4.69, 9.17) is 9.47 Å². The second-order valence-corrected chi connectivity index (χ2v) is 12.3. The second-order valence-electron chi connectivity index (χ2n) is 12.3.